The van der Waals surface area contributed by atoms with Crippen LogP contribution in [0.5, 0.6) is 0 Å². The van der Waals surface area contributed by atoms with Gasteiger partial charge >= 0.3 is 0 Å². The molecule has 0 saturated heterocycles. The number of fused-ring (bicyclic) bond motifs is 1. The van der Waals surface area contributed by atoms with E-state index in [2.05, 4.69) is 31.3 Å². The Morgan fingerprint density at radius 3 is 2.86 bits per heavy atom. The highest BCUT2D eigenvalue weighted by atomic mass is 32.1. The molecule has 3 nitrogen and oxygen atoms in total. The minimum Gasteiger partial charge on any atom is -0.454 e. The first-order valence-corrected chi connectivity index (χ1v) is 8.31. The molecule has 3 aromatic rings. The van der Waals surface area contributed by atoms with Crippen molar-refractivity contribution in [2.75, 3.05) is 6.54 Å². The number of para-hydroxylation sites is 1. The van der Waals surface area contributed by atoms with E-state index in [1.165, 1.54) is 10.6 Å². The van der Waals surface area contributed by atoms with E-state index in [9.17, 15) is 0 Å². The number of aromatic nitrogens is 1. The maximum absolute atomic E-state index is 5.92. The third kappa shape index (κ3) is 3.01. The summed E-state index contributed by atoms with van der Waals surface area (Å²) in [7, 11) is 0. The lowest BCUT2D eigenvalue weighted by Crippen LogP contribution is -2.13. The van der Waals surface area contributed by atoms with Crippen LogP contribution >= 0.6 is 11.3 Å². The van der Waals surface area contributed by atoms with Crippen LogP contribution in [0, 0.1) is 0 Å². The van der Waals surface area contributed by atoms with E-state index in [1.54, 1.807) is 11.3 Å². The molecule has 2 heterocycles. The van der Waals surface area contributed by atoms with Crippen LogP contribution in [0.15, 0.2) is 34.7 Å². The summed E-state index contributed by atoms with van der Waals surface area (Å²) >= 11 is 1.74. The van der Waals surface area contributed by atoms with E-state index >= 15 is 0 Å². The van der Waals surface area contributed by atoms with Crippen molar-refractivity contribution in [2.24, 2.45) is 0 Å². The van der Waals surface area contributed by atoms with Crippen LogP contribution in [0.2, 0.25) is 0 Å². The van der Waals surface area contributed by atoms with E-state index in [4.69, 9.17) is 9.40 Å². The zero-order valence-electron chi connectivity index (χ0n) is 12.5. The topological polar surface area (TPSA) is 38.1 Å². The molecule has 110 valence electrons. The quantitative estimate of drug-likeness (QED) is 0.675. The number of benzene rings is 1. The van der Waals surface area contributed by atoms with Crippen molar-refractivity contribution < 1.29 is 4.42 Å². The molecule has 0 aliphatic rings. The van der Waals surface area contributed by atoms with Gasteiger partial charge in [0.1, 0.15) is 5.58 Å². The summed E-state index contributed by atoms with van der Waals surface area (Å²) in [6, 6.07) is 10.2. The highest BCUT2D eigenvalue weighted by molar-refractivity contribution is 7.15. The first kappa shape index (κ1) is 14.3. The van der Waals surface area contributed by atoms with E-state index in [0.717, 1.165) is 47.7 Å². The maximum atomic E-state index is 5.92. The van der Waals surface area contributed by atoms with Gasteiger partial charge in [0.05, 0.1) is 5.69 Å². The van der Waals surface area contributed by atoms with Gasteiger partial charge < -0.3 is 9.73 Å². The van der Waals surface area contributed by atoms with Crippen LogP contribution in [0.25, 0.3) is 21.7 Å². The minimum absolute atomic E-state index is 0.873. The molecule has 1 N–H and O–H groups in total. The summed E-state index contributed by atoms with van der Waals surface area (Å²) < 4.78 is 5.92. The smallest absolute Gasteiger partial charge is 0.164 e. The highest BCUT2D eigenvalue weighted by Gasteiger charge is 2.14. The first-order valence-electron chi connectivity index (χ1n) is 7.50. The van der Waals surface area contributed by atoms with Gasteiger partial charge in [-0.1, -0.05) is 32.0 Å². The van der Waals surface area contributed by atoms with Crippen molar-refractivity contribution in [2.45, 2.75) is 33.2 Å². The van der Waals surface area contributed by atoms with Gasteiger partial charge in [-0.15, -0.1) is 11.3 Å². The second-order valence-corrected chi connectivity index (χ2v) is 6.15. The molecule has 0 atom stereocenters. The van der Waals surface area contributed by atoms with Crippen LogP contribution in [-0.2, 0) is 13.0 Å². The SMILES string of the molecule is CCCNCc1sc(-c2cc3ccccc3o2)nc1CC. The average molecular weight is 300 g/mol. The molecule has 0 fully saturated rings. The number of hydrogen-bond donors (Lipinski definition) is 1. The largest absolute Gasteiger partial charge is 0.454 e. The van der Waals surface area contributed by atoms with E-state index in [0.29, 0.717) is 0 Å². The van der Waals surface area contributed by atoms with Crippen LogP contribution in [0.3, 0.4) is 0 Å². The number of furan rings is 1. The highest BCUT2D eigenvalue weighted by Crippen LogP contribution is 2.32. The number of thiazole rings is 1. The molecule has 0 aliphatic carbocycles. The lowest BCUT2D eigenvalue weighted by molar-refractivity contribution is 0.630. The number of nitrogens with zero attached hydrogens (tertiary/aromatic N) is 1. The Bertz CT molecular complexity index is 696. The fraction of sp³-hybridized carbons (Fsp3) is 0.353. The second kappa shape index (κ2) is 6.41. The number of aryl methyl sites for hydroxylation is 1. The summed E-state index contributed by atoms with van der Waals surface area (Å²) in [5.41, 5.74) is 2.10. The molecule has 0 saturated carbocycles. The van der Waals surface area contributed by atoms with Crippen molar-refractivity contribution in [3.05, 3.63) is 40.9 Å². The Hall–Kier alpha value is -1.65. The van der Waals surface area contributed by atoms with E-state index in [1.807, 2.05) is 18.2 Å². The molecule has 21 heavy (non-hydrogen) atoms. The van der Waals surface area contributed by atoms with Gasteiger partial charge in [0, 0.05) is 16.8 Å². The van der Waals surface area contributed by atoms with Gasteiger partial charge in [-0.25, -0.2) is 4.98 Å². The second-order valence-electron chi connectivity index (χ2n) is 5.07. The van der Waals surface area contributed by atoms with Crippen LogP contribution in [0.4, 0.5) is 0 Å². The molecule has 4 heteroatoms. The fourth-order valence-corrected chi connectivity index (χ4v) is 3.44. The van der Waals surface area contributed by atoms with Gasteiger partial charge in [-0.3, -0.25) is 0 Å². The molecule has 0 aliphatic heterocycles. The lowest BCUT2D eigenvalue weighted by Gasteiger charge is -2.01. The van der Waals surface area contributed by atoms with E-state index in [-0.39, 0.29) is 0 Å². The normalized spacial score (nSPS) is 11.3. The number of nitrogens with one attached hydrogen (secondary N) is 1. The van der Waals surface area contributed by atoms with Gasteiger partial charge in [0.2, 0.25) is 0 Å². The van der Waals surface area contributed by atoms with Crippen LogP contribution in [-0.4, -0.2) is 11.5 Å². The Morgan fingerprint density at radius 2 is 2.10 bits per heavy atom. The summed E-state index contributed by atoms with van der Waals surface area (Å²) in [4.78, 5) is 6.08. The minimum atomic E-state index is 0.873. The zero-order valence-corrected chi connectivity index (χ0v) is 13.3. The van der Waals surface area contributed by atoms with Gasteiger partial charge in [-0.05, 0) is 31.5 Å². The van der Waals surface area contributed by atoms with Crippen molar-refractivity contribution >= 4 is 22.3 Å². The Morgan fingerprint density at radius 1 is 1.24 bits per heavy atom. The fourth-order valence-electron chi connectivity index (χ4n) is 2.37. The summed E-state index contributed by atoms with van der Waals surface area (Å²) in [5, 5.41) is 5.57. The number of rotatable bonds is 6. The summed E-state index contributed by atoms with van der Waals surface area (Å²) in [6.07, 6.45) is 2.11. The van der Waals surface area contributed by atoms with Crippen molar-refractivity contribution in [1.29, 1.82) is 0 Å². The molecule has 0 unspecified atom stereocenters. The molecular formula is C17H20N2OS. The molecule has 0 bridgehead atoms. The van der Waals surface area contributed by atoms with Crippen molar-refractivity contribution in [3.8, 4) is 10.8 Å². The number of hydrogen-bond acceptors (Lipinski definition) is 4. The van der Waals surface area contributed by atoms with Gasteiger partial charge in [0.25, 0.3) is 0 Å². The maximum Gasteiger partial charge on any atom is 0.164 e. The van der Waals surface area contributed by atoms with Gasteiger partial charge in [0.15, 0.2) is 10.8 Å². The summed E-state index contributed by atoms with van der Waals surface area (Å²) in [6.45, 7) is 6.27. The van der Waals surface area contributed by atoms with Crippen LogP contribution in [0.1, 0.15) is 30.8 Å². The van der Waals surface area contributed by atoms with Gasteiger partial charge in [-0.2, -0.15) is 0 Å². The third-order valence-corrected chi connectivity index (χ3v) is 4.57. The standard InChI is InChI=1S/C17H20N2OS/c1-3-9-18-11-16-13(4-2)19-17(21-16)15-10-12-7-5-6-8-14(12)20-15/h5-8,10,18H,3-4,9,11H2,1-2H3. The van der Waals surface area contributed by atoms with Crippen molar-refractivity contribution in [3.63, 3.8) is 0 Å². The molecule has 0 amide bonds. The first-order chi connectivity index (χ1) is 10.3. The molecular weight excluding hydrogens is 280 g/mol. The molecule has 3 rings (SSSR count). The Kier molecular flexibility index (Phi) is 4.36. The monoisotopic (exact) mass is 300 g/mol. The molecule has 0 radical (unpaired) electrons. The average Bonchev–Trinajstić information content (AvgIpc) is 3.10. The summed E-state index contributed by atoms with van der Waals surface area (Å²) in [5.74, 6) is 0.873. The van der Waals surface area contributed by atoms with Crippen LogP contribution < -0.4 is 5.32 Å². The third-order valence-electron chi connectivity index (χ3n) is 3.46. The lowest BCUT2D eigenvalue weighted by atomic mass is 10.2. The zero-order chi connectivity index (χ0) is 14.7. The predicted molar refractivity (Wildman–Crippen MR) is 88.7 cm³/mol. The molecule has 0 spiro atoms. The Labute approximate surface area is 129 Å². The Balaban J connectivity index is 1.90. The van der Waals surface area contributed by atoms with E-state index < -0.39 is 0 Å². The van der Waals surface area contributed by atoms with Crippen molar-refractivity contribution in [1.82, 2.24) is 10.3 Å². The molecule has 2 aromatic heterocycles. The predicted octanol–water partition coefficient (Wildman–Crippen LogP) is 4.62. The molecule has 1 aromatic carbocycles.